The monoisotopic (exact) mass is 355 g/mol. The summed E-state index contributed by atoms with van der Waals surface area (Å²) >= 11 is 0. The number of aromatic nitrogens is 1. The number of aryl methyl sites for hydroxylation is 1. The van der Waals surface area contributed by atoms with Crippen LogP contribution in [0, 0.1) is 16.7 Å². The summed E-state index contributed by atoms with van der Waals surface area (Å²) in [5.41, 5.74) is 5.37. The molecule has 0 unspecified atom stereocenters. The number of hydrogen-bond acceptors (Lipinski definition) is 4. The Labute approximate surface area is 152 Å². The Morgan fingerprint density at radius 1 is 1.35 bits per heavy atom. The molecule has 1 amide bonds. The molecule has 26 heavy (non-hydrogen) atoms. The van der Waals surface area contributed by atoms with Crippen molar-refractivity contribution < 1.29 is 9.21 Å². The molecule has 2 fully saturated rings. The Morgan fingerprint density at radius 3 is 2.81 bits per heavy atom. The van der Waals surface area contributed by atoms with E-state index in [2.05, 4.69) is 31.3 Å². The minimum absolute atomic E-state index is 0.0721. The molecule has 2 saturated carbocycles. The molecule has 6 nitrogen and oxygen atoms in total. The van der Waals surface area contributed by atoms with Crippen molar-refractivity contribution in [1.29, 1.82) is 0 Å². The third kappa shape index (κ3) is 2.42. The lowest BCUT2D eigenvalue weighted by Gasteiger charge is -2.34. The zero-order chi connectivity index (χ0) is 18.5. The zero-order valence-electron chi connectivity index (χ0n) is 15.5. The smallest absolute Gasteiger partial charge is 0.408 e. The lowest BCUT2D eigenvalue weighted by atomic mass is 9.70. The minimum atomic E-state index is -0.437. The molecule has 138 valence electrons. The third-order valence-electron chi connectivity index (χ3n) is 6.96. The highest BCUT2D eigenvalue weighted by Crippen LogP contribution is 2.63. The highest BCUT2D eigenvalue weighted by atomic mass is 16.4. The quantitative estimate of drug-likeness (QED) is 0.855. The van der Waals surface area contributed by atoms with E-state index in [-0.39, 0.29) is 29.7 Å². The van der Waals surface area contributed by atoms with Gasteiger partial charge in [-0.15, -0.1) is 0 Å². The molecule has 1 aromatic heterocycles. The van der Waals surface area contributed by atoms with Crippen molar-refractivity contribution in [2.45, 2.75) is 53.0 Å². The fourth-order valence-corrected chi connectivity index (χ4v) is 4.72. The summed E-state index contributed by atoms with van der Waals surface area (Å²) in [6, 6.07) is 7.22. The van der Waals surface area contributed by atoms with Crippen molar-refractivity contribution in [2.24, 2.45) is 21.8 Å². The second-order valence-electron chi connectivity index (χ2n) is 8.32. The van der Waals surface area contributed by atoms with Crippen LogP contribution < -0.4 is 11.2 Å². The van der Waals surface area contributed by atoms with Crippen molar-refractivity contribution in [3.05, 3.63) is 34.8 Å². The van der Waals surface area contributed by atoms with Crippen LogP contribution in [-0.2, 0) is 11.3 Å². The van der Waals surface area contributed by atoms with Gasteiger partial charge in [0, 0.05) is 24.1 Å². The van der Waals surface area contributed by atoms with E-state index in [1.807, 2.05) is 18.2 Å². The summed E-state index contributed by atoms with van der Waals surface area (Å²) in [5.74, 6) is 0.0329. The standard InChI is InChI=1S/C20H25N3O3/c1-19(2)13-8-10-20(19,3)16(12-13)21-22-17(24)9-11-23-14-6-4-5-7-15(14)26-18(23)25/h4-7,13H,8-12H2,1-3H3,(H,22,24)/b21-16+/t13-,20+/m0/s1. The lowest BCUT2D eigenvalue weighted by Crippen LogP contribution is -2.34. The number of oxazole rings is 1. The number of carbonyl (C=O) groups is 1. The van der Waals surface area contributed by atoms with Crippen LogP contribution in [0.3, 0.4) is 0 Å². The van der Waals surface area contributed by atoms with Gasteiger partial charge in [0.1, 0.15) is 0 Å². The van der Waals surface area contributed by atoms with E-state index in [0.717, 1.165) is 18.6 Å². The first kappa shape index (κ1) is 17.1. The van der Waals surface area contributed by atoms with Crippen LogP contribution in [-0.4, -0.2) is 16.2 Å². The van der Waals surface area contributed by atoms with Gasteiger partial charge in [0.15, 0.2) is 5.58 Å². The molecular weight excluding hydrogens is 330 g/mol. The van der Waals surface area contributed by atoms with Crippen molar-refractivity contribution in [3.8, 4) is 0 Å². The zero-order valence-corrected chi connectivity index (χ0v) is 15.5. The molecule has 0 saturated heterocycles. The van der Waals surface area contributed by atoms with Gasteiger partial charge in [-0.2, -0.15) is 5.10 Å². The predicted molar refractivity (Wildman–Crippen MR) is 99.9 cm³/mol. The number of amides is 1. The third-order valence-corrected chi connectivity index (χ3v) is 6.96. The van der Waals surface area contributed by atoms with E-state index in [1.165, 1.54) is 11.0 Å². The maximum absolute atomic E-state index is 12.3. The first-order valence-electron chi connectivity index (χ1n) is 9.27. The van der Waals surface area contributed by atoms with E-state index in [0.29, 0.717) is 17.0 Å². The molecule has 1 N–H and O–H groups in total. The second-order valence-corrected chi connectivity index (χ2v) is 8.32. The molecule has 0 spiro atoms. The van der Waals surface area contributed by atoms with Crippen LogP contribution in [0.5, 0.6) is 0 Å². The fraction of sp³-hybridized carbons (Fsp3) is 0.550. The largest absolute Gasteiger partial charge is 0.419 e. The second kappa shape index (κ2) is 5.83. The molecule has 2 aliphatic carbocycles. The molecule has 1 aromatic carbocycles. The van der Waals surface area contributed by atoms with Crippen LogP contribution in [0.1, 0.15) is 46.5 Å². The lowest BCUT2D eigenvalue weighted by molar-refractivity contribution is -0.121. The molecule has 6 heteroatoms. The Kier molecular flexibility index (Phi) is 3.82. The van der Waals surface area contributed by atoms with E-state index < -0.39 is 5.76 Å². The first-order chi connectivity index (χ1) is 12.3. The Morgan fingerprint density at radius 2 is 2.12 bits per heavy atom. The summed E-state index contributed by atoms with van der Waals surface area (Å²) in [5, 5.41) is 4.46. The molecule has 2 bridgehead atoms. The highest BCUT2D eigenvalue weighted by Gasteiger charge is 2.59. The van der Waals surface area contributed by atoms with Gasteiger partial charge in [0.25, 0.3) is 0 Å². The van der Waals surface area contributed by atoms with Crippen molar-refractivity contribution in [3.63, 3.8) is 0 Å². The first-order valence-corrected chi connectivity index (χ1v) is 9.27. The molecule has 1 heterocycles. The maximum atomic E-state index is 12.3. The van der Waals surface area contributed by atoms with Crippen molar-refractivity contribution in [2.75, 3.05) is 0 Å². The number of hydrazone groups is 1. The van der Waals surface area contributed by atoms with Gasteiger partial charge in [0.2, 0.25) is 5.91 Å². The van der Waals surface area contributed by atoms with Gasteiger partial charge in [-0.3, -0.25) is 9.36 Å². The number of benzene rings is 1. The summed E-state index contributed by atoms with van der Waals surface area (Å²) < 4.78 is 6.68. The van der Waals surface area contributed by atoms with Gasteiger partial charge >= 0.3 is 5.76 Å². The summed E-state index contributed by atoms with van der Waals surface area (Å²) in [7, 11) is 0. The Bertz CT molecular complexity index is 953. The number of nitrogens with one attached hydrogen (secondary N) is 1. The van der Waals surface area contributed by atoms with Crippen LogP contribution in [0.25, 0.3) is 11.1 Å². The molecule has 0 radical (unpaired) electrons. The average molecular weight is 355 g/mol. The van der Waals surface area contributed by atoms with Crippen LogP contribution in [0.2, 0.25) is 0 Å². The number of fused-ring (bicyclic) bond motifs is 3. The van der Waals surface area contributed by atoms with Crippen LogP contribution >= 0.6 is 0 Å². The van der Waals surface area contributed by atoms with Crippen molar-refractivity contribution >= 4 is 22.7 Å². The fourth-order valence-electron chi connectivity index (χ4n) is 4.72. The topological polar surface area (TPSA) is 76.6 Å². The molecular formula is C20H25N3O3. The van der Waals surface area contributed by atoms with Gasteiger partial charge < -0.3 is 4.42 Å². The highest BCUT2D eigenvalue weighted by molar-refractivity contribution is 5.95. The normalized spacial score (nSPS) is 28.1. The number of hydrogen-bond donors (Lipinski definition) is 1. The average Bonchev–Trinajstić information content (AvgIpc) is 3.11. The van der Waals surface area contributed by atoms with Crippen LogP contribution in [0.4, 0.5) is 0 Å². The number of nitrogens with zero attached hydrogens (tertiary/aromatic N) is 2. The predicted octanol–water partition coefficient (Wildman–Crippen LogP) is 3.30. The van der Waals surface area contributed by atoms with Gasteiger partial charge in [-0.1, -0.05) is 32.9 Å². The van der Waals surface area contributed by atoms with Gasteiger partial charge in [-0.05, 0) is 42.7 Å². The maximum Gasteiger partial charge on any atom is 0.419 e. The molecule has 2 aromatic rings. The van der Waals surface area contributed by atoms with Gasteiger partial charge in [-0.25, -0.2) is 10.2 Å². The number of para-hydroxylation sites is 2. The number of carbonyl (C=O) groups excluding carboxylic acids is 1. The summed E-state index contributed by atoms with van der Waals surface area (Å²) in [6.45, 7) is 7.16. The SMILES string of the molecule is CC1(C)[C@H]2CC[C@]1(C)/C(=N/NC(=O)CCn1c(=O)oc3ccccc31)C2. The molecule has 4 rings (SSSR count). The van der Waals surface area contributed by atoms with Crippen molar-refractivity contribution in [1.82, 2.24) is 9.99 Å². The summed E-state index contributed by atoms with van der Waals surface area (Å²) in [6.07, 6.45) is 3.53. The van der Waals surface area contributed by atoms with Crippen LogP contribution in [0.15, 0.2) is 38.6 Å². The van der Waals surface area contributed by atoms with E-state index in [1.54, 1.807) is 6.07 Å². The van der Waals surface area contributed by atoms with Gasteiger partial charge in [0.05, 0.1) is 5.52 Å². The number of rotatable bonds is 4. The summed E-state index contributed by atoms with van der Waals surface area (Å²) in [4.78, 5) is 24.2. The molecule has 2 atom stereocenters. The van der Waals surface area contributed by atoms with E-state index in [9.17, 15) is 9.59 Å². The Hall–Kier alpha value is -2.37. The van der Waals surface area contributed by atoms with E-state index in [4.69, 9.17) is 4.42 Å². The minimum Gasteiger partial charge on any atom is -0.408 e. The van der Waals surface area contributed by atoms with E-state index >= 15 is 0 Å². The molecule has 0 aliphatic heterocycles. The Balaban J connectivity index is 1.42. The molecule has 2 aliphatic rings.